The number of carbonyl (C=O) groups excluding carboxylic acids is 2. The van der Waals surface area contributed by atoms with Crippen LogP contribution in [0, 0.1) is 17.8 Å². The molecule has 0 aromatic carbocycles. The molecule has 1 aromatic heterocycles. The number of hydrogen-bond donors (Lipinski definition) is 2. The van der Waals surface area contributed by atoms with Gasteiger partial charge in [-0.05, 0) is 43.1 Å². The van der Waals surface area contributed by atoms with E-state index in [2.05, 4.69) is 26.1 Å². The number of amides is 1. The smallest absolute Gasteiger partial charge is 0.372 e. The van der Waals surface area contributed by atoms with Crippen molar-refractivity contribution in [2.75, 3.05) is 13.2 Å². The first-order valence-electron chi connectivity index (χ1n) is 9.48. The lowest BCUT2D eigenvalue weighted by molar-refractivity contribution is -0.686. The van der Waals surface area contributed by atoms with Gasteiger partial charge in [0.05, 0.1) is 6.61 Å². The van der Waals surface area contributed by atoms with Crippen molar-refractivity contribution in [3.05, 3.63) is 30.1 Å². The summed E-state index contributed by atoms with van der Waals surface area (Å²) in [5.74, 6) is 1.04. The van der Waals surface area contributed by atoms with E-state index in [0.29, 0.717) is 23.3 Å². The molecule has 0 saturated heterocycles. The van der Waals surface area contributed by atoms with E-state index < -0.39 is 0 Å². The lowest BCUT2D eigenvalue weighted by atomic mass is 9.76. The van der Waals surface area contributed by atoms with Gasteiger partial charge in [-0.25, -0.2) is 4.79 Å². The molecule has 2 rings (SSSR count). The molecular weight excluding hydrogens is 332 g/mol. The quantitative estimate of drug-likeness (QED) is 0.571. The third kappa shape index (κ3) is 5.80. The molecule has 1 aliphatic rings. The Balaban J connectivity index is 1.93. The Morgan fingerprint density at radius 3 is 2.85 bits per heavy atom. The van der Waals surface area contributed by atoms with Crippen molar-refractivity contribution >= 4 is 11.9 Å². The number of nitrogens with one attached hydrogen (secondary N) is 1. The molecular formula is C20H31N2O4+. The number of aromatic nitrogens is 1. The van der Waals surface area contributed by atoms with Crippen molar-refractivity contribution < 1.29 is 24.0 Å². The van der Waals surface area contributed by atoms with Gasteiger partial charge >= 0.3 is 5.97 Å². The van der Waals surface area contributed by atoms with E-state index in [1.807, 2.05) is 0 Å². The van der Waals surface area contributed by atoms with Gasteiger partial charge < -0.3 is 15.2 Å². The van der Waals surface area contributed by atoms with E-state index in [9.17, 15) is 9.59 Å². The summed E-state index contributed by atoms with van der Waals surface area (Å²) in [5, 5.41) is 11.4. The fourth-order valence-corrected chi connectivity index (χ4v) is 3.46. The summed E-state index contributed by atoms with van der Waals surface area (Å²) in [6.45, 7) is 6.77. The summed E-state index contributed by atoms with van der Waals surface area (Å²) in [6, 6.07) is 3.39. The highest BCUT2D eigenvalue weighted by Crippen LogP contribution is 2.34. The predicted octanol–water partition coefficient (Wildman–Crippen LogP) is 1.70. The Bertz CT molecular complexity index is 618. The summed E-state index contributed by atoms with van der Waals surface area (Å²) >= 11 is 0. The molecule has 1 aromatic rings. The van der Waals surface area contributed by atoms with E-state index in [1.54, 1.807) is 29.1 Å². The van der Waals surface area contributed by atoms with Crippen LogP contribution in [0.2, 0.25) is 0 Å². The zero-order chi connectivity index (χ0) is 19.1. The molecule has 3 atom stereocenters. The van der Waals surface area contributed by atoms with Gasteiger partial charge in [-0.3, -0.25) is 4.79 Å². The van der Waals surface area contributed by atoms with E-state index >= 15 is 0 Å². The minimum absolute atomic E-state index is 0.0275. The fraction of sp³-hybridized carbons (Fsp3) is 0.650. The van der Waals surface area contributed by atoms with Gasteiger partial charge in [0.2, 0.25) is 6.54 Å². The molecule has 144 valence electrons. The van der Waals surface area contributed by atoms with Crippen LogP contribution >= 0.6 is 0 Å². The standard InChI is InChI=1S/C20H30N2O4/c1-14(2)16-7-6-15(3)18(11-16)26-19(24)13-22-9-4-5-17(12-22)20(25)21-8-10-23/h4-5,9,12,14-16,18,23H,6-8,10-11,13H2,1-3H3/p+1/t15-,16-,18-/m0/s1. The molecule has 0 radical (unpaired) electrons. The summed E-state index contributed by atoms with van der Waals surface area (Å²) in [5.41, 5.74) is 0.444. The Hall–Kier alpha value is -1.95. The average Bonchev–Trinajstić information content (AvgIpc) is 2.61. The van der Waals surface area contributed by atoms with Crippen LogP contribution in [0.15, 0.2) is 24.5 Å². The van der Waals surface area contributed by atoms with E-state index in [4.69, 9.17) is 9.84 Å². The van der Waals surface area contributed by atoms with Crippen LogP contribution in [0.1, 0.15) is 50.4 Å². The van der Waals surface area contributed by atoms with Crippen LogP contribution in [-0.4, -0.2) is 36.2 Å². The Morgan fingerprint density at radius 1 is 1.38 bits per heavy atom. The van der Waals surface area contributed by atoms with Gasteiger partial charge in [-0.15, -0.1) is 0 Å². The van der Waals surface area contributed by atoms with Gasteiger partial charge in [0.1, 0.15) is 11.7 Å². The van der Waals surface area contributed by atoms with Crippen molar-refractivity contribution in [1.29, 1.82) is 0 Å². The molecule has 2 N–H and O–H groups in total. The van der Waals surface area contributed by atoms with Crippen LogP contribution in [0.3, 0.4) is 0 Å². The number of rotatable bonds is 7. The molecule has 1 amide bonds. The van der Waals surface area contributed by atoms with Crippen LogP contribution in [0.25, 0.3) is 0 Å². The maximum atomic E-state index is 12.4. The van der Waals surface area contributed by atoms with Gasteiger partial charge in [-0.1, -0.05) is 20.8 Å². The second-order valence-corrected chi connectivity index (χ2v) is 7.57. The third-order valence-electron chi connectivity index (χ3n) is 5.22. The van der Waals surface area contributed by atoms with E-state index in [1.165, 1.54) is 6.42 Å². The zero-order valence-electron chi connectivity index (χ0n) is 16.0. The maximum Gasteiger partial charge on any atom is 0.372 e. The number of ether oxygens (including phenoxy) is 1. The SMILES string of the molecule is CC(C)[C@H]1CC[C@H](C)[C@@H](OC(=O)C[n+]2cccc(C(=O)NCCO)c2)C1. The number of hydrogen-bond acceptors (Lipinski definition) is 4. The summed E-state index contributed by atoms with van der Waals surface area (Å²) in [4.78, 5) is 24.3. The van der Waals surface area contributed by atoms with Crippen molar-refractivity contribution in [1.82, 2.24) is 5.32 Å². The van der Waals surface area contributed by atoms with E-state index in [-0.39, 0.29) is 37.7 Å². The van der Waals surface area contributed by atoms with Crippen LogP contribution in [-0.2, 0) is 16.1 Å². The number of pyridine rings is 1. The molecule has 0 bridgehead atoms. The lowest BCUT2D eigenvalue weighted by Gasteiger charge is -2.35. The number of aliphatic hydroxyl groups excluding tert-OH is 1. The number of aliphatic hydroxyl groups is 1. The second kappa shape index (κ2) is 9.67. The molecule has 0 spiro atoms. The Morgan fingerprint density at radius 2 is 2.15 bits per heavy atom. The minimum atomic E-state index is -0.276. The van der Waals surface area contributed by atoms with E-state index in [0.717, 1.165) is 12.8 Å². The predicted molar refractivity (Wildman–Crippen MR) is 97.3 cm³/mol. The third-order valence-corrected chi connectivity index (χ3v) is 5.22. The highest BCUT2D eigenvalue weighted by molar-refractivity contribution is 5.93. The van der Waals surface area contributed by atoms with Gasteiger partial charge in [-0.2, -0.15) is 4.57 Å². The normalized spacial score (nSPS) is 22.9. The van der Waals surface area contributed by atoms with Crippen LogP contribution in [0.4, 0.5) is 0 Å². The van der Waals surface area contributed by atoms with Crippen molar-refractivity contribution in [2.45, 2.75) is 52.7 Å². The Labute approximate surface area is 155 Å². The molecule has 6 nitrogen and oxygen atoms in total. The topological polar surface area (TPSA) is 79.5 Å². The fourth-order valence-electron chi connectivity index (χ4n) is 3.46. The molecule has 6 heteroatoms. The van der Waals surface area contributed by atoms with Gasteiger partial charge in [0.25, 0.3) is 5.91 Å². The summed E-state index contributed by atoms with van der Waals surface area (Å²) < 4.78 is 7.42. The van der Waals surface area contributed by atoms with Gasteiger partial charge in [0, 0.05) is 12.6 Å². The van der Waals surface area contributed by atoms with Gasteiger partial charge in [0.15, 0.2) is 12.4 Å². The molecule has 1 saturated carbocycles. The average molecular weight is 363 g/mol. The maximum absolute atomic E-state index is 12.4. The van der Waals surface area contributed by atoms with Crippen molar-refractivity contribution in [3.63, 3.8) is 0 Å². The lowest BCUT2D eigenvalue weighted by Crippen LogP contribution is -2.42. The number of carbonyl (C=O) groups is 2. The van der Waals surface area contributed by atoms with Crippen molar-refractivity contribution in [3.8, 4) is 0 Å². The number of nitrogens with zero attached hydrogens (tertiary/aromatic N) is 1. The monoisotopic (exact) mass is 363 g/mol. The first kappa shape index (κ1) is 20.4. The highest BCUT2D eigenvalue weighted by atomic mass is 16.5. The summed E-state index contributed by atoms with van der Waals surface area (Å²) in [7, 11) is 0. The summed E-state index contributed by atoms with van der Waals surface area (Å²) in [6.07, 6.45) is 6.56. The highest BCUT2D eigenvalue weighted by Gasteiger charge is 2.32. The first-order chi connectivity index (χ1) is 12.4. The molecule has 1 aliphatic carbocycles. The van der Waals surface area contributed by atoms with Crippen LogP contribution < -0.4 is 9.88 Å². The molecule has 1 fully saturated rings. The molecule has 0 unspecified atom stereocenters. The number of esters is 1. The molecule has 26 heavy (non-hydrogen) atoms. The molecule has 0 aliphatic heterocycles. The first-order valence-corrected chi connectivity index (χ1v) is 9.48. The Kier molecular flexibility index (Phi) is 7.57. The van der Waals surface area contributed by atoms with Crippen molar-refractivity contribution in [2.24, 2.45) is 17.8 Å². The van der Waals surface area contributed by atoms with Crippen LogP contribution in [0.5, 0.6) is 0 Å². The largest absolute Gasteiger partial charge is 0.457 e. The second-order valence-electron chi connectivity index (χ2n) is 7.57. The zero-order valence-corrected chi connectivity index (χ0v) is 16.0. The minimum Gasteiger partial charge on any atom is -0.457 e. The molecule has 1 heterocycles.